The molecule has 2 aromatic rings. The average molecular weight is 484 g/mol. The van der Waals surface area contributed by atoms with Gasteiger partial charge in [0.2, 0.25) is 15.9 Å². The van der Waals surface area contributed by atoms with Gasteiger partial charge in [-0.25, -0.2) is 12.8 Å². The molecule has 3 rings (SSSR count). The molecule has 0 radical (unpaired) electrons. The maximum absolute atomic E-state index is 13.1. The number of methoxy groups -OCH3 is 1. The van der Waals surface area contributed by atoms with E-state index in [0.29, 0.717) is 18.5 Å². The molecule has 1 amide bonds. The Labute approximate surface area is 190 Å². The molecular formula is C22H23F3N2O5S. The van der Waals surface area contributed by atoms with Crippen LogP contribution in [0.2, 0.25) is 0 Å². The first-order valence-electron chi connectivity index (χ1n) is 10.1. The molecule has 0 spiro atoms. The fraction of sp³-hybridized carbons (Fsp3) is 0.318. The van der Waals surface area contributed by atoms with Crippen LogP contribution in [0.3, 0.4) is 0 Å². The summed E-state index contributed by atoms with van der Waals surface area (Å²) >= 11 is 0. The second-order valence-corrected chi connectivity index (χ2v) is 9.10. The maximum Gasteiger partial charge on any atom is 0.387 e. The van der Waals surface area contributed by atoms with Gasteiger partial charge < -0.3 is 14.4 Å². The molecule has 0 saturated carbocycles. The third-order valence-corrected chi connectivity index (χ3v) is 6.95. The van der Waals surface area contributed by atoms with Crippen LogP contribution < -0.4 is 9.47 Å². The molecule has 1 saturated heterocycles. The van der Waals surface area contributed by atoms with Gasteiger partial charge in [0.15, 0.2) is 11.5 Å². The number of alkyl halides is 2. The molecule has 1 fully saturated rings. The first kappa shape index (κ1) is 24.6. The molecule has 178 valence electrons. The zero-order valence-corrected chi connectivity index (χ0v) is 18.6. The lowest BCUT2D eigenvalue weighted by molar-refractivity contribution is -0.125. The highest BCUT2D eigenvalue weighted by Crippen LogP contribution is 2.30. The Morgan fingerprint density at radius 3 is 2.42 bits per heavy atom. The Morgan fingerprint density at radius 2 is 1.76 bits per heavy atom. The Bertz CT molecular complexity index is 1110. The number of carbonyl (C=O) groups excluding carboxylic acids is 1. The van der Waals surface area contributed by atoms with E-state index in [2.05, 4.69) is 4.74 Å². The van der Waals surface area contributed by atoms with Crippen LogP contribution in [0.4, 0.5) is 13.2 Å². The molecule has 33 heavy (non-hydrogen) atoms. The van der Waals surface area contributed by atoms with E-state index < -0.39 is 22.5 Å². The SMILES string of the molecule is COc1cc(/C=C/C(=O)N2CCCN(S(=O)(=O)c3ccc(F)cc3)CC2)ccc1OC(F)F. The molecule has 1 aliphatic rings. The number of rotatable bonds is 7. The predicted octanol–water partition coefficient (Wildman–Crippen LogP) is 3.37. The van der Waals surface area contributed by atoms with Gasteiger partial charge in [-0.2, -0.15) is 13.1 Å². The summed E-state index contributed by atoms with van der Waals surface area (Å²) in [5.74, 6) is -0.864. The molecule has 0 atom stereocenters. The quantitative estimate of drug-likeness (QED) is 0.564. The zero-order chi connectivity index (χ0) is 24.0. The second-order valence-electron chi connectivity index (χ2n) is 7.16. The average Bonchev–Trinajstić information content (AvgIpc) is 3.05. The monoisotopic (exact) mass is 484 g/mol. The van der Waals surface area contributed by atoms with E-state index in [1.54, 1.807) is 0 Å². The van der Waals surface area contributed by atoms with Crippen molar-refractivity contribution in [2.24, 2.45) is 0 Å². The Balaban J connectivity index is 1.65. The molecule has 7 nitrogen and oxygen atoms in total. The molecule has 0 unspecified atom stereocenters. The lowest BCUT2D eigenvalue weighted by Gasteiger charge is -2.21. The van der Waals surface area contributed by atoms with Crippen LogP contribution in [0, 0.1) is 5.82 Å². The first-order valence-corrected chi connectivity index (χ1v) is 11.5. The summed E-state index contributed by atoms with van der Waals surface area (Å²) in [5, 5.41) is 0. The number of ether oxygens (including phenoxy) is 2. The normalized spacial score (nSPS) is 15.6. The van der Waals surface area contributed by atoms with E-state index in [0.717, 1.165) is 12.1 Å². The van der Waals surface area contributed by atoms with Crippen LogP contribution in [-0.2, 0) is 14.8 Å². The number of hydrogen-bond acceptors (Lipinski definition) is 5. The molecule has 2 aromatic carbocycles. The topological polar surface area (TPSA) is 76.2 Å². The summed E-state index contributed by atoms with van der Waals surface area (Å²) in [6, 6.07) is 8.89. The van der Waals surface area contributed by atoms with Crippen LogP contribution in [0.1, 0.15) is 12.0 Å². The minimum Gasteiger partial charge on any atom is -0.493 e. The standard InChI is InChI=1S/C22H23F3N2O5S/c1-31-20-15-16(3-9-19(20)32-22(24)25)4-10-21(28)26-11-2-12-27(14-13-26)33(29,30)18-7-5-17(23)6-8-18/h3-10,15,22H,2,11-14H2,1H3/b10-4+. The summed E-state index contributed by atoms with van der Waals surface area (Å²) < 4.78 is 74.3. The number of sulfonamides is 1. The smallest absolute Gasteiger partial charge is 0.387 e. The van der Waals surface area contributed by atoms with Gasteiger partial charge >= 0.3 is 6.61 Å². The van der Waals surface area contributed by atoms with Crippen molar-refractivity contribution in [3.63, 3.8) is 0 Å². The number of nitrogens with zero attached hydrogens (tertiary/aromatic N) is 2. The van der Waals surface area contributed by atoms with E-state index >= 15 is 0 Å². The van der Waals surface area contributed by atoms with E-state index in [9.17, 15) is 26.4 Å². The van der Waals surface area contributed by atoms with Crippen molar-refractivity contribution in [3.8, 4) is 11.5 Å². The molecular weight excluding hydrogens is 461 g/mol. The van der Waals surface area contributed by atoms with Crippen molar-refractivity contribution in [1.82, 2.24) is 9.21 Å². The highest BCUT2D eigenvalue weighted by Gasteiger charge is 2.27. The van der Waals surface area contributed by atoms with Gasteiger partial charge in [0.05, 0.1) is 12.0 Å². The third-order valence-electron chi connectivity index (χ3n) is 5.04. The van der Waals surface area contributed by atoms with Gasteiger partial charge in [0.1, 0.15) is 5.82 Å². The van der Waals surface area contributed by atoms with Crippen LogP contribution in [0.15, 0.2) is 53.4 Å². The fourth-order valence-corrected chi connectivity index (χ4v) is 4.83. The number of hydrogen-bond donors (Lipinski definition) is 0. The van der Waals surface area contributed by atoms with Gasteiger partial charge in [0, 0.05) is 32.3 Å². The molecule has 1 heterocycles. The molecule has 11 heteroatoms. The van der Waals surface area contributed by atoms with Crippen LogP contribution in [0.25, 0.3) is 6.08 Å². The summed E-state index contributed by atoms with van der Waals surface area (Å²) in [4.78, 5) is 14.2. The van der Waals surface area contributed by atoms with Gasteiger partial charge in [-0.15, -0.1) is 0 Å². The summed E-state index contributed by atoms with van der Waals surface area (Å²) in [6.45, 7) is -2.10. The van der Waals surface area contributed by atoms with E-state index in [4.69, 9.17) is 4.74 Å². The first-order chi connectivity index (χ1) is 15.7. The predicted molar refractivity (Wildman–Crippen MR) is 115 cm³/mol. The summed E-state index contributed by atoms with van der Waals surface area (Å²) in [7, 11) is -2.48. The number of carbonyl (C=O) groups is 1. The van der Waals surface area contributed by atoms with Crippen molar-refractivity contribution < 1.29 is 35.9 Å². The van der Waals surface area contributed by atoms with Crippen molar-refractivity contribution in [2.45, 2.75) is 17.9 Å². The minimum absolute atomic E-state index is 0.00297. The Hall–Kier alpha value is -3.05. The van der Waals surface area contributed by atoms with Gasteiger partial charge in [-0.1, -0.05) is 6.07 Å². The molecule has 1 aliphatic heterocycles. The molecule has 0 bridgehead atoms. The number of halogens is 3. The number of amides is 1. The molecule has 0 aromatic heterocycles. The number of benzene rings is 2. The lowest BCUT2D eigenvalue weighted by atomic mass is 10.2. The molecule has 0 aliphatic carbocycles. The Kier molecular flexibility index (Phi) is 7.98. The van der Waals surface area contributed by atoms with E-state index in [1.165, 1.54) is 58.8 Å². The maximum atomic E-state index is 13.1. The second kappa shape index (κ2) is 10.7. The van der Waals surface area contributed by atoms with Gasteiger partial charge in [-0.05, 0) is 54.5 Å². The van der Waals surface area contributed by atoms with Crippen LogP contribution in [-0.4, -0.2) is 63.4 Å². The summed E-state index contributed by atoms with van der Waals surface area (Å²) in [5.41, 5.74) is 0.539. The van der Waals surface area contributed by atoms with Crippen LogP contribution >= 0.6 is 0 Å². The highest BCUT2D eigenvalue weighted by molar-refractivity contribution is 7.89. The van der Waals surface area contributed by atoms with Crippen molar-refractivity contribution >= 4 is 22.0 Å². The van der Waals surface area contributed by atoms with E-state index in [1.807, 2.05) is 0 Å². The fourth-order valence-electron chi connectivity index (χ4n) is 3.36. The van der Waals surface area contributed by atoms with Crippen LogP contribution in [0.5, 0.6) is 11.5 Å². The zero-order valence-electron chi connectivity index (χ0n) is 17.8. The minimum atomic E-state index is -3.80. The van der Waals surface area contributed by atoms with Crippen molar-refractivity contribution in [3.05, 3.63) is 59.9 Å². The third kappa shape index (κ3) is 6.26. The molecule has 0 N–H and O–H groups in total. The lowest BCUT2D eigenvalue weighted by Crippen LogP contribution is -2.36. The van der Waals surface area contributed by atoms with Gasteiger partial charge in [-0.3, -0.25) is 4.79 Å². The largest absolute Gasteiger partial charge is 0.493 e. The van der Waals surface area contributed by atoms with Crippen molar-refractivity contribution in [2.75, 3.05) is 33.3 Å². The van der Waals surface area contributed by atoms with Crippen molar-refractivity contribution in [1.29, 1.82) is 0 Å². The van der Waals surface area contributed by atoms with E-state index in [-0.39, 0.29) is 41.9 Å². The van der Waals surface area contributed by atoms with Gasteiger partial charge in [0.25, 0.3) is 0 Å². The highest BCUT2D eigenvalue weighted by atomic mass is 32.2. The Morgan fingerprint density at radius 1 is 1.03 bits per heavy atom. The summed E-state index contributed by atoms with van der Waals surface area (Å²) in [6.07, 6.45) is 3.27.